The van der Waals surface area contributed by atoms with E-state index in [9.17, 15) is 8.42 Å². The number of hydrogen-bond acceptors (Lipinski definition) is 4. The lowest BCUT2D eigenvalue weighted by Crippen LogP contribution is -2.41. The van der Waals surface area contributed by atoms with Crippen molar-refractivity contribution in [3.8, 4) is 0 Å². The highest BCUT2D eigenvalue weighted by Gasteiger charge is 2.29. The molecule has 0 heterocycles. The standard InChI is InChI=1S/C15H24N2O3S/c1-11-4-5-13(10-18)8-15(11)21(19,20)16-9-12(2)17(3)14-6-7-14/h4-5,8,12,14,16,18H,6-7,9-10H2,1-3H3. The number of aliphatic hydroxyl groups is 1. The van der Waals surface area contributed by atoms with Gasteiger partial charge in [0, 0.05) is 18.6 Å². The Hall–Kier alpha value is -0.950. The minimum Gasteiger partial charge on any atom is -0.392 e. The van der Waals surface area contributed by atoms with Crippen molar-refractivity contribution in [2.75, 3.05) is 13.6 Å². The van der Waals surface area contributed by atoms with Crippen molar-refractivity contribution in [3.63, 3.8) is 0 Å². The number of nitrogens with one attached hydrogen (secondary N) is 1. The second-order valence-electron chi connectivity index (χ2n) is 5.86. The molecular weight excluding hydrogens is 288 g/mol. The number of benzene rings is 1. The third-order valence-corrected chi connectivity index (χ3v) is 5.68. The molecule has 0 radical (unpaired) electrons. The Kier molecular flexibility index (Phi) is 5.03. The fourth-order valence-corrected chi connectivity index (χ4v) is 3.74. The van der Waals surface area contributed by atoms with E-state index in [2.05, 4.69) is 9.62 Å². The highest BCUT2D eigenvalue weighted by atomic mass is 32.2. The van der Waals surface area contributed by atoms with E-state index in [1.54, 1.807) is 19.1 Å². The highest BCUT2D eigenvalue weighted by molar-refractivity contribution is 7.89. The average molecular weight is 312 g/mol. The summed E-state index contributed by atoms with van der Waals surface area (Å²) in [6.45, 7) is 4.01. The molecule has 1 aromatic carbocycles. The van der Waals surface area contributed by atoms with Crippen LogP contribution in [0.3, 0.4) is 0 Å². The van der Waals surface area contributed by atoms with Gasteiger partial charge in [0.05, 0.1) is 11.5 Å². The van der Waals surface area contributed by atoms with Crippen LogP contribution in [0.15, 0.2) is 23.1 Å². The van der Waals surface area contributed by atoms with Crippen LogP contribution in [0, 0.1) is 6.92 Å². The number of aryl methyl sites for hydroxylation is 1. The first-order valence-corrected chi connectivity index (χ1v) is 8.75. The molecule has 0 amide bonds. The molecule has 0 aromatic heterocycles. The number of hydrogen-bond donors (Lipinski definition) is 2. The molecule has 1 aliphatic rings. The molecule has 1 atom stereocenters. The van der Waals surface area contributed by atoms with Gasteiger partial charge in [-0.05, 0) is 50.9 Å². The average Bonchev–Trinajstić information content (AvgIpc) is 3.29. The van der Waals surface area contributed by atoms with E-state index in [-0.39, 0.29) is 17.5 Å². The molecule has 1 saturated carbocycles. The SMILES string of the molecule is Cc1ccc(CO)cc1S(=O)(=O)NCC(C)N(C)C1CC1. The van der Waals surface area contributed by atoms with Crippen LogP contribution >= 0.6 is 0 Å². The Morgan fingerprint density at radius 1 is 1.43 bits per heavy atom. The maximum Gasteiger partial charge on any atom is 0.240 e. The van der Waals surface area contributed by atoms with Gasteiger partial charge in [0.15, 0.2) is 0 Å². The predicted octanol–water partition coefficient (Wildman–Crippen LogP) is 1.25. The molecule has 0 aliphatic heterocycles. The van der Waals surface area contributed by atoms with Gasteiger partial charge in [-0.15, -0.1) is 0 Å². The largest absolute Gasteiger partial charge is 0.392 e. The van der Waals surface area contributed by atoms with Crippen LogP contribution in [0.25, 0.3) is 0 Å². The van der Waals surface area contributed by atoms with Gasteiger partial charge in [0.25, 0.3) is 0 Å². The van der Waals surface area contributed by atoms with Crippen molar-refractivity contribution in [2.45, 2.75) is 50.3 Å². The fourth-order valence-electron chi connectivity index (χ4n) is 2.33. The molecule has 1 aliphatic carbocycles. The zero-order valence-electron chi connectivity index (χ0n) is 12.8. The third-order valence-electron chi connectivity index (χ3n) is 4.11. The molecule has 2 N–H and O–H groups in total. The summed E-state index contributed by atoms with van der Waals surface area (Å²) in [7, 11) is -1.51. The lowest BCUT2D eigenvalue weighted by Gasteiger charge is -2.24. The summed E-state index contributed by atoms with van der Waals surface area (Å²) in [5.41, 5.74) is 1.28. The molecule has 0 saturated heterocycles. The zero-order chi connectivity index (χ0) is 15.6. The minimum absolute atomic E-state index is 0.161. The molecule has 0 bridgehead atoms. The lowest BCUT2D eigenvalue weighted by molar-refractivity contribution is 0.248. The van der Waals surface area contributed by atoms with Crippen molar-refractivity contribution < 1.29 is 13.5 Å². The summed E-state index contributed by atoms with van der Waals surface area (Å²) in [6, 6.07) is 5.75. The van der Waals surface area contributed by atoms with Gasteiger partial charge in [-0.25, -0.2) is 13.1 Å². The van der Waals surface area contributed by atoms with Crippen LogP contribution in [-0.4, -0.2) is 44.1 Å². The van der Waals surface area contributed by atoms with Crippen LogP contribution in [0.2, 0.25) is 0 Å². The monoisotopic (exact) mass is 312 g/mol. The number of aliphatic hydroxyl groups excluding tert-OH is 1. The molecule has 118 valence electrons. The van der Waals surface area contributed by atoms with Crippen LogP contribution < -0.4 is 4.72 Å². The summed E-state index contributed by atoms with van der Waals surface area (Å²) in [6.07, 6.45) is 2.40. The molecule has 5 nitrogen and oxygen atoms in total. The summed E-state index contributed by atoms with van der Waals surface area (Å²) < 4.78 is 27.5. The van der Waals surface area contributed by atoms with Crippen LogP contribution in [0.5, 0.6) is 0 Å². The predicted molar refractivity (Wildman–Crippen MR) is 82.5 cm³/mol. The van der Waals surface area contributed by atoms with E-state index in [0.717, 1.165) is 0 Å². The van der Waals surface area contributed by atoms with Gasteiger partial charge in [-0.2, -0.15) is 0 Å². The van der Waals surface area contributed by atoms with Crippen molar-refractivity contribution in [1.29, 1.82) is 0 Å². The van der Waals surface area contributed by atoms with Gasteiger partial charge >= 0.3 is 0 Å². The van der Waals surface area contributed by atoms with E-state index in [1.165, 1.54) is 18.9 Å². The van der Waals surface area contributed by atoms with Gasteiger partial charge in [-0.3, -0.25) is 4.90 Å². The molecule has 6 heteroatoms. The molecule has 2 rings (SSSR count). The van der Waals surface area contributed by atoms with Crippen molar-refractivity contribution in [1.82, 2.24) is 9.62 Å². The number of likely N-dealkylation sites (N-methyl/N-ethyl adjacent to an activating group) is 1. The van der Waals surface area contributed by atoms with E-state index < -0.39 is 10.0 Å². The normalized spacial score (nSPS) is 17.2. The van der Waals surface area contributed by atoms with Crippen LogP contribution in [0.1, 0.15) is 30.9 Å². The number of rotatable bonds is 7. The second-order valence-corrected chi connectivity index (χ2v) is 7.59. The topological polar surface area (TPSA) is 69.6 Å². The minimum atomic E-state index is -3.55. The molecule has 1 unspecified atom stereocenters. The quantitative estimate of drug-likeness (QED) is 0.795. The summed E-state index contributed by atoms with van der Waals surface area (Å²) in [4.78, 5) is 2.47. The highest BCUT2D eigenvalue weighted by Crippen LogP contribution is 2.26. The summed E-state index contributed by atoms with van der Waals surface area (Å²) in [5, 5.41) is 9.16. The van der Waals surface area contributed by atoms with Crippen molar-refractivity contribution in [3.05, 3.63) is 29.3 Å². The summed E-state index contributed by atoms with van der Waals surface area (Å²) in [5.74, 6) is 0. The van der Waals surface area contributed by atoms with Gasteiger partial charge in [-0.1, -0.05) is 12.1 Å². The van der Waals surface area contributed by atoms with Crippen molar-refractivity contribution >= 4 is 10.0 Å². The number of sulfonamides is 1. The smallest absolute Gasteiger partial charge is 0.240 e. The maximum absolute atomic E-state index is 12.4. The first kappa shape index (κ1) is 16.4. The van der Waals surface area contributed by atoms with Crippen LogP contribution in [0.4, 0.5) is 0 Å². The molecule has 0 spiro atoms. The number of nitrogens with zero attached hydrogens (tertiary/aromatic N) is 1. The Morgan fingerprint density at radius 3 is 2.67 bits per heavy atom. The third kappa shape index (κ3) is 4.03. The first-order valence-electron chi connectivity index (χ1n) is 7.27. The van der Waals surface area contributed by atoms with E-state index in [1.807, 2.05) is 14.0 Å². The molecule has 1 aromatic rings. The van der Waals surface area contributed by atoms with Crippen LogP contribution in [-0.2, 0) is 16.6 Å². The van der Waals surface area contributed by atoms with Gasteiger partial charge in [0.2, 0.25) is 10.0 Å². The fraction of sp³-hybridized carbons (Fsp3) is 0.600. The van der Waals surface area contributed by atoms with Crippen molar-refractivity contribution in [2.24, 2.45) is 0 Å². The Bertz CT molecular complexity index is 597. The molecule has 1 fully saturated rings. The molecular formula is C15H24N2O3S. The lowest BCUT2D eigenvalue weighted by atomic mass is 10.2. The molecule has 21 heavy (non-hydrogen) atoms. The maximum atomic E-state index is 12.4. The van der Waals surface area contributed by atoms with E-state index in [0.29, 0.717) is 23.7 Å². The Morgan fingerprint density at radius 2 is 2.10 bits per heavy atom. The Balaban J connectivity index is 2.07. The van der Waals surface area contributed by atoms with E-state index >= 15 is 0 Å². The Labute approximate surface area is 127 Å². The van der Waals surface area contributed by atoms with Gasteiger partial charge in [0.1, 0.15) is 0 Å². The first-order chi connectivity index (χ1) is 9.85. The zero-order valence-corrected chi connectivity index (χ0v) is 13.7. The second kappa shape index (κ2) is 6.44. The van der Waals surface area contributed by atoms with E-state index in [4.69, 9.17) is 5.11 Å². The van der Waals surface area contributed by atoms with Gasteiger partial charge < -0.3 is 5.11 Å². The summed E-state index contributed by atoms with van der Waals surface area (Å²) >= 11 is 0.